The number of hydrogen-bond donors (Lipinski definition) is 1. The molecule has 0 aliphatic carbocycles. The summed E-state index contributed by atoms with van der Waals surface area (Å²) >= 11 is 3.42. The van der Waals surface area contributed by atoms with Gasteiger partial charge < -0.3 is 14.8 Å². The molecule has 0 atom stereocenters. The Hall–Kier alpha value is -2.15. The van der Waals surface area contributed by atoms with Crippen molar-refractivity contribution in [2.45, 2.75) is 0 Å². The molecule has 0 fully saturated rings. The predicted octanol–water partition coefficient (Wildman–Crippen LogP) is 2.78. The number of nitrogens with one attached hydrogen (secondary N) is 1. The summed E-state index contributed by atoms with van der Waals surface area (Å²) in [5.41, 5.74) is 0.886. The predicted molar refractivity (Wildman–Crippen MR) is 77.3 cm³/mol. The largest absolute Gasteiger partial charge is 0.497 e. The van der Waals surface area contributed by atoms with Gasteiger partial charge in [0.2, 0.25) is 0 Å². The molecule has 0 aliphatic heterocycles. The molecule has 0 bridgehead atoms. The summed E-state index contributed by atoms with van der Waals surface area (Å²) in [5.74, 6) is 0.598. The van der Waals surface area contributed by atoms with Gasteiger partial charge in [0.15, 0.2) is 5.69 Å². The lowest BCUT2D eigenvalue weighted by Crippen LogP contribution is -2.06. The molecular weight excluding hydrogens is 326 g/mol. The zero-order valence-corrected chi connectivity index (χ0v) is 12.5. The number of ether oxygens (including phenoxy) is 2. The highest BCUT2D eigenvalue weighted by Gasteiger charge is 2.09. The number of aromatic nitrogens is 2. The zero-order valence-electron chi connectivity index (χ0n) is 10.9. The fraction of sp³-hybridized carbons (Fsp3) is 0.154. The summed E-state index contributed by atoms with van der Waals surface area (Å²) in [6, 6.07) is 5.47. The van der Waals surface area contributed by atoms with Crippen LogP contribution in [-0.4, -0.2) is 30.2 Å². The molecule has 1 heterocycles. The SMILES string of the molecule is COC(=O)c1cncc(Nc2cc(OC)ccc2Br)n1. The quantitative estimate of drug-likeness (QED) is 0.865. The molecule has 0 aliphatic rings. The topological polar surface area (TPSA) is 73.3 Å². The van der Waals surface area contributed by atoms with Crippen molar-refractivity contribution in [1.29, 1.82) is 0 Å². The monoisotopic (exact) mass is 337 g/mol. The second-order valence-corrected chi connectivity index (χ2v) is 4.61. The molecule has 2 aromatic rings. The Morgan fingerprint density at radius 3 is 2.80 bits per heavy atom. The van der Waals surface area contributed by atoms with Crippen LogP contribution in [0.15, 0.2) is 35.1 Å². The maximum atomic E-state index is 11.4. The number of anilines is 2. The minimum atomic E-state index is -0.536. The van der Waals surface area contributed by atoms with Crippen LogP contribution in [0.2, 0.25) is 0 Å². The van der Waals surface area contributed by atoms with E-state index >= 15 is 0 Å². The number of benzene rings is 1. The molecule has 0 saturated carbocycles. The van der Waals surface area contributed by atoms with Crippen LogP contribution in [-0.2, 0) is 4.74 Å². The normalized spacial score (nSPS) is 9.95. The number of carbonyl (C=O) groups excluding carboxylic acids is 1. The van der Waals surface area contributed by atoms with Crippen molar-refractivity contribution >= 4 is 33.4 Å². The van der Waals surface area contributed by atoms with Crippen molar-refractivity contribution in [1.82, 2.24) is 9.97 Å². The Morgan fingerprint density at radius 1 is 1.30 bits per heavy atom. The van der Waals surface area contributed by atoms with E-state index < -0.39 is 5.97 Å². The first-order valence-electron chi connectivity index (χ1n) is 5.65. The summed E-state index contributed by atoms with van der Waals surface area (Å²) in [5, 5.41) is 3.06. The Kier molecular flexibility index (Phi) is 4.52. The highest BCUT2D eigenvalue weighted by atomic mass is 79.9. The lowest BCUT2D eigenvalue weighted by Gasteiger charge is -2.10. The molecule has 104 valence electrons. The Bertz CT molecular complexity index is 634. The molecule has 0 spiro atoms. The van der Waals surface area contributed by atoms with E-state index in [4.69, 9.17) is 4.74 Å². The number of esters is 1. The minimum Gasteiger partial charge on any atom is -0.497 e. The fourth-order valence-electron chi connectivity index (χ4n) is 1.49. The van der Waals surface area contributed by atoms with Crippen molar-refractivity contribution in [3.8, 4) is 5.75 Å². The van der Waals surface area contributed by atoms with E-state index in [0.29, 0.717) is 11.6 Å². The van der Waals surface area contributed by atoms with Gasteiger partial charge in [0.05, 0.1) is 32.3 Å². The minimum absolute atomic E-state index is 0.136. The molecule has 2 rings (SSSR count). The van der Waals surface area contributed by atoms with Crippen LogP contribution < -0.4 is 10.1 Å². The first-order valence-corrected chi connectivity index (χ1v) is 6.44. The molecule has 1 N–H and O–H groups in total. The number of methoxy groups -OCH3 is 2. The van der Waals surface area contributed by atoms with Gasteiger partial charge in [-0.2, -0.15) is 0 Å². The molecule has 6 nitrogen and oxygen atoms in total. The third-order valence-corrected chi connectivity index (χ3v) is 3.16. The van der Waals surface area contributed by atoms with Crippen LogP contribution in [0.4, 0.5) is 11.5 Å². The second kappa shape index (κ2) is 6.33. The first-order chi connectivity index (χ1) is 9.63. The molecule has 0 saturated heterocycles. The highest BCUT2D eigenvalue weighted by Crippen LogP contribution is 2.29. The van der Waals surface area contributed by atoms with Crippen molar-refractivity contribution in [3.63, 3.8) is 0 Å². The summed E-state index contributed by atoms with van der Waals surface area (Å²) < 4.78 is 10.6. The average molecular weight is 338 g/mol. The lowest BCUT2D eigenvalue weighted by molar-refractivity contribution is 0.0593. The third kappa shape index (κ3) is 3.24. The van der Waals surface area contributed by atoms with Gasteiger partial charge in [0.1, 0.15) is 11.6 Å². The maximum Gasteiger partial charge on any atom is 0.358 e. The third-order valence-electron chi connectivity index (χ3n) is 2.47. The van der Waals surface area contributed by atoms with E-state index in [-0.39, 0.29) is 5.69 Å². The summed E-state index contributed by atoms with van der Waals surface area (Å²) in [6.07, 6.45) is 2.86. The lowest BCUT2D eigenvalue weighted by atomic mass is 10.3. The average Bonchev–Trinajstić information content (AvgIpc) is 2.49. The molecule has 1 aromatic carbocycles. The van der Waals surface area contributed by atoms with Crippen LogP contribution in [0, 0.1) is 0 Å². The maximum absolute atomic E-state index is 11.4. The van der Waals surface area contributed by atoms with Gasteiger partial charge in [-0.1, -0.05) is 0 Å². The van der Waals surface area contributed by atoms with E-state index in [2.05, 4.69) is 36.0 Å². The Morgan fingerprint density at radius 2 is 2.10 bits per heavy atom. The van der Waals surface area contributed by atoms with Gasteiger partial charge in [-0.15, -0.1) is 0 Å². The van der Waals surface area contributed by atoms with Crippen molar-refractivity contribution in [2.24, 2.45) is 0 Å². The van der Waals surface area contributed by atoms with Crippen LogP contribution in [0.1, 0.15) is 10.5 Å². The number of rotatable bonds is 4. The first kappa shape index (κ1) is 14.3. The Balaban J connectivity index is 2.28. The van der Waals surface area contributed by atoms with Gasteiger partial charge in [0, 0.05) is 10.5 Å². The van der Waals surface area contributed by atoms with Crippen molar-refractivity contribution < 1.29 is 14.3 Å². The van der Waals surface area contributed by atoms with Gasteiger partial charge in [0.25, 0.3) is 0 Å². The smallest absolute Gasteiger partial charge is 0.358 e. The number of carbonyl (C=O) groups is 1. The van der Waals surface area contributed by atoms with E-state index in [0.717, 1.165) is 10.2 Å². The molecular formula is C13H12BrN3O3. The van der Waals surface area contributed by atoms with Crippen molar-refractivity contribution in [3.05, 3.63) is 40.8 Å². The van der Waals surface area contributed by atoms with E-state index in [1.807, 2.05) is 12.1 Å². The van der Waals surface area contributed by atoms with Gasteiger partial charge in [-0.3, -0.25) is 4.98 Å². The molecule has 1 aromatic heterocycles. The molecule has 20 heavy (non-hydrogen) atoms. The zero-order chi connectivity index (χ0) is 14.5. The molecule has 0 unspecified atom stereocenters. The van der Waals surface area contributed by atoms with Gasteiger partial charge in [-0.25, -0.2) is 9.78 Å². The summed E-state index contributed by atoms with van der Waals surface area (Å²) in [7, 11) is 2.88. The van der Waals surface area contributed by atoms with Crippen LogP contribution in [0.5, 0.6) is 5.75 Å². The molecule has 7 heteroatoms. The fourth-order valence-corrected chi connectivity index (χ4v) is 1.84. The van der Waals surface area contributed by atoms with Crippen molar-refractivity contribution in [2.75, 3.05) is 19.5 Å². The highest BCUT2D eigenvalue weighted by molar-refractivity contribution is 9.10. The van der Waals surface area contributed by atoms with E-state index in [1.54, 1.807) is 13.2 Å². The standard InChI is InChI=1S/C13H12BrN3O3/c1-19-8-3-4-9(14)10(5-8)16-12-7-15-6-11(17-12)13(18)20-2/h3-7H,1-2H3,(H,16,17). The van der Waals surface area contributed by atoms with Crippen LogP contribution in [0.25, 0.3) is 0 Å². The van der Waals surface area contributed by atoms with Gasteiger partial charge >= 0.3 is 5.97 Å². The van der Waals surface area contributed by atoms with E-state index in [9.17, 15) is 4.79 Å². The summed E-state index contributed by atoms with van der Waals surface area (Å²) in [4.78, 5) is 19.5. The Labute approximate surface area is 124 Å². The van der Waals surface area contributed by atoms with E-state index in [1.165, 1.54) is 19.5 Å². The molecule has 0 radical (unpaired) electrons. The number of hydrogen-bond acceptors (Lipinski definition) is 6. The van der Waals surface area contributed by atoms with Crippen LogP contribution in [0.3, 0.4) is 0 Å². The van der Waals surface area contributed by atoms with Gasteiger partial charge in [-0.05, 0) is 28.1 Å². The molecule has 0 amide bonds. The number of nitrogens with zero attached hydrogens (tertiary/aromatic N) is 2. The second-order valence-electron chi connectivity index (χ2n) is 3.75. The van der Waals surface area contributed by atoms with Crippen LogP contribution >= 0.6 is 15.9 Å². The number of halogens is 1. The summed E-state index contributed by atoms with van der Waals surface area (Å²) in [6.45, 7) is 0.